The third kappa shape index (κ3) is 3.20. The van der Waals surface area contributed by atoms with Gasteiger partial charge in [-0.05, 0) is 19.8 Å². The van der Waals surface area contributed by atoms with Gasteiger partial charge in [-0.1, -0.05) is 12.8 Å². The second-order valence-electron chi connectivity index (χ2n) is 4.85. The number of aliphatic hydroxyl groups excluding tert-OH is 1. The van der Waals surface area contributed by atoms with E-state index in [-0.39, 0.29) is 11.6 Å². The molecule has 0 aromatic carbocycles. The summed E-state index contributed by atoms with van der Waals surface area (Å²) in [7, 11) is 0. The Kier molecular flexibility index (Phi) is 4.31. The van der Waals surface area contributed by atoms with Crippen LogP contribution in [-0.2, 0) is 11.3 Å². The summed E-state index contributed by atoms with van der Waals surface area (Å²) >= 11 is 0. The minimum atomic E-state index is -0.665. The van der Waals surface area contributed by atoms with Gasteiger partial charge in [-0.2, -0.15) is 5.10 Å². The minimum Gasteiger partial charge on any atom is -0.391 e. The molecule has 0 aliphatic heterocycles. The first-order valence-corrected chi connectivity index (χ1v) is 6.67. The Bertz CT molecular complexity index is 469. The van der Waals surface area contributed by atoms with E-state index >= 15 is 0 Å². The van der Waals surface area contributed by atoms with Crippen molar-refractivity contribution in [3.8, 4) is 0 Å². The average molecular weight is 265 g/mol. The molecule has 19 heavy (non-hydrogen) atoms. The fraction of sp³-hybridized carbons (Fsp3) is 0.615. The third-order valence-corrected chi connectivity index (χ3v) is 3.47. The molecule has 1 aromatic rings. The van der Waals surface area contributed by atoms with E-state index in [0.29, 0.717) is 19.4 Å². The van der Waals surface area contributed by atoms with Crippen LogP contribution < -0.4 is 5.32 Å². The van der Waals surface area contributed by atoms with Gasteiger partial charge in [0, 0.05) is 12.7 Å². The number of aliphatic hydroxyl groups is 1. The number of rotatable bonds is 4. The number of ketones is 1. The van der Waals surface area contributed by atoms with Gasteiger partial charge in [0.25, 0.3) is 11.7 Å². The Morgan fingerprint density at radius 1 is 1.47 bits per heavy atom. The summed E-state index contributed by atoms with van der Waals surface area (Å²) in [6, 6.07) is -0.313. The van der Waals surface area contributed by atoms with Crippen molar-refractivity contribution in [1.29, 1.82) is 0 Å². The number of amides is 1. The molecular weight excluding hydrogens is 246 g/mol. The fourth-order valence-electron chi connectivity index (χ4n) is 2.30. The molecular formula is C13H19N3O3. The molecule has 1 amide bonds. The van der Waals surface area contributed by atoms with Crippen molar-refractivity contribution in [1.82, 2.24) is 15.1 Å². The highest BCUT2D eigenvalue weighted by molar-refractivity contribution is 6.42. The van der Waals surface area contributed by atoms with Crippen LogP contribution in [-0.4, -0.2) is 38.7 Å². The lowest BCUT2D eigenvalue weighted by molar-refractivity contribution is -0.118. The number of nitrogens with zero attached hydrogens (tertiary/aromatic N) is 2. The highest BCUT2D eigenvalue weighted by atomic mass is 16.3. The van der Waals surface area contributed by atoms with E-state index in [1.165, 1.54) is 6.20 Å². The van der Waals surface area contributed by atoms with E-state index in [1.807, 2.05) is 6.92 Å². The van der Waals surface area contributed by atoms with E-state index in [1.54, 1.807) is 10.9 Å². The Labute approximate surface area is 111 Å². The zero-order valence-electron chi connectivity index (χ0n) is 11.0. The van der Waals surface area contributed by atoms with Crippen LogP contribution in [0.4, 0.5) is 0 Å². The highest BCUT2D eigenvalue weighted by Gasteiger charge is 2.27. The first-order valence-electron chi connectivity index (χ1n) is 6.67. The van der Waals surface area contributed by atoms with Crippen molar-refractivity contribution in [3.05, 3.63) is 18.0 Å². The second kappa shape index (κ2) is 5.97. The highest BCUT2D eigenvalue weighted by Crippen LogP contribution is 2.18. The predicted molar refractivity (Wildman–Crippen MR) is 68.6 cm³/mol. The number of aromatic nitrogens is 2. The second-order valence-corrected chi connectivity index (χ2v) is 4.85. The molecule has 2 atom stereocenters. The molecule has 0 bridgehead atoms. The van der Waals surface area contributed by atoms with Crippen LogP contribution in [0.5, 0.6) is 0 Å². The van der Waals surface area contributed by atoms with Crippen LogP contribution in [0, 0.1) is 0 Å². The lowest BCUT2D eigenvalue weighted by Crippen LogP contribution is -2.47. The van der Waals surface area contributed by atoms with Crippen LogP contribution in [0.2, 0.25) is 0 Å². The minimum absolute atomic E-state index is 0.282. The maximum absolute atomic E-state index is 11.9. The molecule has 104 valence electrons. The number of hydrogen-bond donors (Lipinski definition) is 2. The summed E-state index contributed by atoms with van der Waals surface area (Å²) in [5.41, 5.74) is 0.282. The molecule has 1 aliphatic carbocycles. The molecule has 1 aromatic heterocycles. The van der Waals surface area contributed by atoms with Crippen molar-refractivity contribution in [2.45, 2.75) is 51.3 Å². The summed E-state index contributed by atoms with van der Waals surface area (Å²) in [5.74, 6) is -1.26. The number of Topliss-reactive ketones (excluding diaryl/α,β-unsaturated/α-hetero) is 1. The SMILES string of the molecule is CCn1cc(C(=O)C(=O)NC2CCCCC2O)cn1. The molecule has 2 rings (SSSR count). The Hall–Kier alpha value is -1.69. The molecule has 0 radical (unpaired) electrons. The number of nitrogens with one attached hydrogen (secondary N) is 1. The molecule has 1 heterocycles. The quantitative estimate of drug-likeness (QED) is 0.613. The summed E-state index contributed by atoms with van der Waals surface area (Å²) in [6.07, 6.45) is 5.71. The van der Waals surface area contributed by atoms with Crippen LogP contribution in [0.1, 0.15) is 43.0 Å². The standard InChI is InChI=1S/C13H19N3O3/c1-2-16-8-9(7-14-16)12(18)13(19)15-10-5-3-4-6-11(10)17/h7-8,10-11,17H,2-6H2,1H3,(H,15,19). The molecule has 2 N–H and O–H groups in total. The summed E-state index contributed by atoms with van der Waals surface area (Å²) in [5, 5.41) is 16.4. The van der Waals surface area contributed by atoms with Crippen LogP contribution >= 0.6 is 0 Å². The normalized spacial score (nSPS) is 23.1. The molecule has 1 aliphatic rings. The summed E-state index contributed by atoms with van der Waals surface area (Å²) < 4.78 is 1.59. The van der Waals surface area contributed by atoms with E-state index in [4.69, 9.17) is 0 Å². The van der Waals surface area contributed by atoms with Crippen molar-refractivity contribution >= 4 is 11.7 Å². The van der Waals surface area contributed by atoms with E-state index in [2.05, 4.69) is 10.4 Å². The smallest absolute Gasteiger partial charge is 0.292 e. The van der Waals surface area contributed by atoms with Crippen molar-refractivity contribution in [2.75, 3.05) is 0 Å². The van der Waals surface area contributed by atoms with E-state index in [9.17, 15) is 14.7 Å². The zero-order chi connectivity index (χ0) is 13.8. The summed E-state index contributed by atoms with van der Waals surface area (Å²) in [6.45, 7) is 2.55. The lowest BCUT2D eigenvalue weighted by Gasteiger charge is -2.27. The number of hydrogen-bond acceptors (Lipinski definition) is 4. The Balaban J connectivity index is 1.97. The molecule has 2 unspecified atom stereocenters. The molecule has 1 saturated carbocycles. The Morgan fingerprint density at radius 2 is 2.21 bits per heavy atom. The number of aryl methyl sites for hydroxylation is 1. The largest absolute Gasteiger partial charge is 0.391 e. The molecule has 6 nitrogen and oxygen atoms in total. The first-order chi connectivity index (χ1) is 9.11. The predicted octanol–water partition coefficient (Wildman–Crippen LogP) is 0.505. The maximum Gasteiger partial charge on any atom is 0.292 e. The Morgan fingerprint density at radius 3 is 2.84 bits per heavy atom. The average Bonchev–Trinajstić information content (AvgIpc) is 2.89. The number of carbonyl (C=O) groups is 2. The van der Waals surface area contributed by atoms with E-state index < -0.39 is 17.8 Å². The van der Waals surface area contributed by atoms with Gasteiger partial charge in [0.05, 0.1) is 23.9 Å². The van der Waals surface area contributed by atoms with Gasteiger partial charge in [0.1, 0.15) is 0 Å². The monoisotopic (exact) mass is 265 g/mol. The van der Waals surface area contributed by atoms with Gasteiger partial charge >= 0.3 is 0 Å². The lowest BCUT2D eigenvalue weighted by atomic mass is 9.92. The van der Waals surface area contributed by atoms with Gasteiger partial charge in [0.2, 0.25) is 0 Å². The van der Waals surface area contributed by atoms with Crippen molar-refractivity contribution in [3.63, 3.8) is 0 Å². The van der Waals surface area contributed by atoms with Crippen LogP contribution in [0.25, 0.3) is 0 Å². The topological polar surface area (TPSA) is 84.2 Å². The molecule has 0 saturated heterocycles. The first kappa shape index (κ1) is 13.7. The van der Waals surface area contributed by atoms with Crippen LogP contribution in [0.3, 0.4) is 0 Å². The number of carbonyl (C=O) groups excluding carboxylic acids is 2. The molecule has 0 spiro atoms. The van der Waals surface area contributed by atoms with Gasteiger partial charge in [-0.3, -0.25) is 14.3 Å². The van der Waals surface area contributed by atoms with Gasteiger partial charge in [0.15, 0.2) is 0 Å². The van der Waals surface area contributed by atoms with Gasteiger partial charge in [-0.15, -0.1) is 0 Å². The zero-order valence-corrected chi connectivity index (χ0v) is 11.0. The van der Waals surface area contributed by atoms with Crippen molar-refractivity contribution < 1.29 is 14.7 Å². The van der Waals surface area contributed by atoms with E-state index in [0.717, 1.165) is 12.8 Å². The fourth-order valence-corrected chi connectivity index (χ4v) is 2.30. The maximum atomic E-state index is 11.9. The molecule has 1 fully saturated rings. The summed E-state index contributed by atoms with van der Waals surface area (Å²) in [4.78, 5) is 23.8. The van der Waals surface area contributed by atoms with Crippen LogP contribution in [0.15, 0.2) is 12.4 Å². The third-order valence-electron chi connectivity index (χ3n) is 3.47. The van der Waals surface area contributed by atoms with Gasteiger partial charge in [-0.25, -0.2) is 0 Å². The van der Waals surface area contributed by atoms with Gasteiger partial charge < -0.3 is 10.4 Å². The molecule has 6 heteroatoms. The van der Waals surface area contributed by atoms with Crippen molar-refractivity contribution in [2.24, 2.45) is 0 Å².